The molecule has 1 N–H and O–H groups in total. The van der Waals surface area contributed by atoms with E-state index in [-0.39, 0.29) is 12.2 Å². The fourth-order valence-electron chi connectivity index (χ4n) is 1.07. The Balaban J connectivity index is 2.59. The van der Waals surface area contributed by atoms with E-state index in [0.29, 0.717) is 0 Å². The van der Waals surface area contributed by atoms with Crippen molar-refractivity contribution in [3.05, 3.63) is 30.3 Å². The maximum Gasteiger partial charge on any atom is 0.527 e. The Morgan fingerprint density at radius 3 is 2.69 bits per heavy atom. The van der Waals surface area contributed by atoms with Gasteiger partial charge in [-0.15, -0.1) is 12.3 Å². The predicted octanol–water partition coefficient (Wildman–Crippen LogP) is 2.59. The Hall–Kier alpha value is -1.27. The van der Waals surface area contributed by atoms with Gasteiger partial charge < -0.3 is 4.52 Å². The van der Waals surface area contributed by atoms with Gasteiger partial charge in [0.05, 0.1) is 6.10 Å². The molecule has 2 atom stereocenters. The number of benzene rings is 1. The first-order valence-corrected chi connectivity index (χ1v) is 6.22. The molecule has 0 saturated carbocycles. The molecule has 0 aliphatic carbocycles. The van der Waals surface area contributed by atoms with Crippen molar-refractivity contribution in [1.82, 2.24) is 0 Å². The summed E-state index contributed by atoms with van der Waals surface area (Å²) in [5, 5.41) is 0. The highest BCUT2D eigenvalue weighted by Gasteiger charge is 2.25. The van der Waals surface area contributed by atoms with Gasteiger partial charge in [-0.25, -0.2) is 4.57 Å². The molecule has 0 aliphatic heterocycles. The maximum atomic E-state index is 11.5. The van der Waals surface area contributed by atoms with Crippen molar-refractivity contribution in [2.45, 2.75) is 19.4 Å². The molecule has 1 aromatic carbocycles. The quantitative estimate of drug-likeness (QED) is 0.634. The molecule has 1 rings (SSSR count). The van der Waals surface area contributed by atoms with E-state index >= 15 is 0 Å². The van der Waals surface area contributed by atoms with Crippen molar-refractivity contribution in [1.29, 1.82) is 0 Å². The molecule has 4 nitrogen and oxygen atoms in total. The van der Waals surface area contributed by atoms with Crippen LogP contribution in [0.3, 0.4) is 0 Å². The molecule has 0 aromatic heterocycles. The van der Waals surface area contributed by atoms with E-state index in [0.717, 1.165) is 0 Å². The number of phosphoric ester groups is 1. The lowest BCUT2D eigenvalue weighted by Crippen LogP contribution is -2.08. The predicted molar refractivity (Wildman–Crippen MR) is 60.9 cm³/mol. The Kier molecular flexibility index (Phi) is 4.57. The van der Waals surface area contributed by atoms with E-state index in [4.69, 9.17) is 15.5 Å². The van der Waals surface area contributed by atoms with Gasteiger partial charge in [0.25, 0.3) is 0 Å². The molecule has 0 heterocycles. The smallest absolute Gasteiger partial charge is 0.404 e. The van der Waals surface area contributed by atoms with Gasteiger partial charge >= 0.3 is 7.82 Å². The lowest BCUT2D eigenvalue weighted by atomic mass is 10.3. The fourth-order valence-corrected chi connectivity index (χ4v) is 2.03. The molecule has 16 heavy (non-hydrogen) atoms. The van der Waals surface area contributed by atoms with Crippen LogP contribution in [0.1, 0.15) is 13.3 Å². The Labute approximate surface area is 94.8 Å². The van der Waals surface area contributed by atoms with E-state index in [2.05, 4.69) is 5.92 Å². The van der Waals surface area contributed by atoms with Crippen LogP contribution in [0.15, 0.2) is 30.3 Å². The van der Waals surface area contributed by atoms with E-state index in [1.54, 1.807) is 37.3 Å². The monoisotopic (exact) mass is 240 g/mol. The van der Waals surface area contributed by atoms with Crippen LogP contribution < -0.4 is 4.52 Å². The summed E-state index contributed by atoms with van der Waals surface area (Å²) in [5.74, 6) is 2.62. The molecule has 0 radical (unpaired) electrons. The summed E-state index contributed by atoms with van der Waals surface area (Å²) in [6, 6.07) is 8.30. The van der Waals surface area contributed by atoms with Gasteiger partial charge in [-0.05, 0) is 19.1 Å². The standard InChI is InChI=1S/C11H13O4P/c1-3-7-10(2)14-16(12,13)15-11-8-5-4-6-9-11/h1,4-6,8-10H,7H2,2H3,(H,12,13). The van der Waals surface area contributed by atoms with E-state index < -0.39 is 13.9 Å². The van der Waals surface area contributed by atoms with Crippen LogP contribution >= 0.6 is 7.82 Å². The van der Waals surface area contributed by atoms with Crippen LogP contribution in [0.4, 0.5) is 0 Å². The zero-order chi connectivity index (χ0) is 12.0. The molecule has 0 amide bonds. The molecule has 2 unspecified atom stereocenters. The molecule has 5 heteroatoms. The number of rotatable bonds is 5. The van der Waals surface area contributed by atoms with E-state index in [1.165, 1.54) is 0 Å². The zero-order valence-corrected chi connectivity index (χ0v) is 9.76. The summed E-state index contributed by atoms with van der Waals surface area (Å²) in [6.45, 7) is 1.61. The topological polar surface area (TPSA) is 55.8 Å². The number of hydrogen-bond donors (Lipinski definition) is 1. The number of terminal acetylenes is 1. The summed E-state index contributed by atoms with van der Waals surface area (Å²) in [5.41, 5.74) is 0. The highest BCUT2D eigenvalue weighted by atomic mass is 31.2. The SMILES string of the molecule is C#CCC(C)OP(=O)(O)Oc1ccccc1. The van der Waals surface area contributed by atoms with Crippen molar-refractivity contribution in [2.24, 2.45) is 0 Å². The molecule has 1 aromatic rings. The number of phosphoric acid groups is 1. The van der Waals surface area contributed by atoms with Gasteiger partial charge in [0.1, 0.15) is 5.75 Å². The maximum absolute atomic E-state index is 11.5. The summed E-state index contributed by atoms with van der Waals surface area (Å²) in [6.07, 6.45) is 4.79. The van der Waals surface area contributed by atoms with Crippen molar-refractivity contribution < 1.29 is 18.5 Å². The minimum absolute atomic E-state index is 0.253. The fraction of sp³-hybridized carbons (Fsp3) is 0.273. The van der Waals surface area contributed by atoms with Gasteiger partial charge in [0, 0.05) is 6.42 Å². The summed E-state index contributed by atoms with van der Waals surface area (Å²) < 4.78 is 21.2. The van der Waals surface area contributed by atoms with Crippen molar-refractivity contribution >= 4 is 7.82 Å². The first kappa shape index (κ1) is 12.8. The molecular weight excluding hydrogens is 227 g/mol. The first-order chi connectivity index (χ1) is 7.53. The summed E-state index contributed by atoms with van der Waals surface area (Å²) in [4.78, 5) is 9.41. The van der Waals surface area contributed by atoms with Crippen LogP contribution in [-0.2, 0) is 9.09 Å². The molecular formula is C11H13O4P. The Morgan fingerprint density at radius 2 is 2.12 bits per heavy atom. The van der Waals surface area contributed by atoms with Gasteiger partial charge in [-0.3, -0.25) is 9.42 Å². The van der Waals surface area contributed by atoms with Crippen LogP contribution in [0.2, 0.25) is 0 Å². The molecule has 0 fully saturated rings. The second kappa shape index (κ2) is 5.72. The van der Waals surface area contributed by atoms with Gasteiger partial charge in [-0.2, -0.15) is 0 Å². The van der Waals surface area contributed by atoms with Crippen LogP contribution in [0.5, 0.6) is 5.75 Å². The number of para-hydroxylation sites is 1. The van der Waals surface area contributed by atoms with Crippen LogP contribution in [0, 0.1) is 12.3 Å². The second-order valence-corrected chi connectivity index (χ2v) is 4.53. The molecule has 0 bridgehead atoms. The second-order valence-electron chi connectivity index (χ2n) is 3.20. The van der Waals surface area contributed by atoms with Crippen molar-refractivity contribution in [3.8, 4) is 18.1 Å². The third-order valence-electron chi connectivity index (χ3n) is 1.68. The Bertz CT molecular complexity index is 410. The van der Waals surface area contributed by atoms with E-state index in [9.17, 15) is 9.46 Å². The highest BCUT2D eigenvalue weighted by molar-refractivity contribution is 7.47. The highest BCUT2D eigenvalue weighted by Crippen LogP contribution is 2.45. The Morgan fingerprint density at radius 1 is 1.50 bits per heavy atom. The summed E-state index contributed by atoms with van der Waals surface area (Å²) in [7, 11) is -4.10. The molecule has 86 valence electrons. The molecule has 0 aliphatic rings. The van der Waals surface area contributed by atoms with Gasteiger partial charge in [-0.1, -0.05) is 18.2 Å². The average molecular weight is 240 g/mol. The lowest BCUT2D eigenvalue weighted by Gasteiger charge is -2.16. The van der Waals surface area contributed by atoms with Crippen LogP contribution in [-0.4, -0.2) is 11.0 Å². The van der Waals surface area contributed by atoms with Gasteiger partial charge in [0.2, 0.25) is 0 Å². The van der Waals surface area contributed by atoms with Crippen LogP contribution in [0.25, 0.3) is 0 Å². The molecule has 0 spiro atoms. The minimum atomic E-state index is -4.10. The normalized spacial score (nSPS) is 15.8. The third-order valence-corrected chi connectivity index (χ3v) is 2.75. The molecule has 0 saturated heterocycles. The average Bonchev–Trinajstić information content (AvgIpc) is 2.17. The third kappa shape index (κ3) is 4.50. The zero-order valence-electron chi connectivity index (χ0n) is 8.87. The lowest BCUT2D eigenvalue weighted by molar-refractivity contribution is 0.153. The first-order valence-electron chi connectivity index (χ1n) is 4.73. The van der Waals surface area contributed by atoms with Crippen molar-refractivity contribution in [3.63, 3.8) is 0 Å². The largest absolute Gasteiger partial charge is 0.527 e. The minimum Gasteiger partial charge on any atom is -0.404 e. The summed E-state index contributed by atoms with van der Waals surface area (Å²) >= 11 is 0. The number of hydrogen-bond acceptors (Lipinski definition) is 3. The van der Waals surface area contributed by atoms with Gasteiger partial charge in [0.15, 0.2) is 0 Å². The van der Waals surface area contributed by atoms with E-state index in [1.807, 2.05) is 0 Å². The van der Waals surface area contributed by atoms with Crippen molar-refractivity contribution in [2.75, 3.05) is 0 Å².